The van der Waals surface area contributed by atoms with Crippen molar-refractivity contribution in [3.8, 4) is 5.75 Å². The van der Waals surface area contributed by atoms with E-state index in [0.29, 0.717) is 24.6 Å². The van der Waals surface area contributed by atoms with Crippen molar-refractivity contribution < 1.29 is 13.9 Å². The smallest absolute Gasteiger partial charge is 0.276 e. The van der Waals surface area contributed by atoms with E-state index in [0.717, 1.165) is 28.9 Å². The first-order chi connectivity index (χ1) is 14.7. The van der Waals surface area contributed by atoms with E-state index in [-0.39, 0.29) is 11.9 Å². The van der Waals surface area contributed by atoms with Gasteiger partial charge in [-0.15, -0.1) is 0 Å². The molecule has 1 aliphatic heterocycles. The molecule has 152 valence electrons. The Morgan fingerprint density at radius 3 is 2.83 bits per heavy atom. The Labute approximate surface area is 174 Å². The molecule has 2 aromatic carbocycles. The fourth-order valence-electron chi connectivity index (χ4n) is 4.42. The molecule has 0 unspecified atom stereocenters. The normalized spacial score (nSPS) is 15.9. The molecule has 0 radical (unpaired) electrons. The number of carbonyl (C=O) groups is 1. The number of oxazole rings is 1. The van der Waals surface area contributed by atoms with Crippen molar-refractivity contribution in [1.82, 2.24) is 14.9 Å². The van der Waals surface area contributed by atoms with Crippen LogP contribution in [0.2, 0.25) is 0 Å². The molecule has 5 rings (SSSR count). The number of hydrogen-bond acceptors (Lipinski definition) is 4. The standard InChI is InChI=1S/C24H23N3O3/c1-3-29-20-11-7-5-9-18(20)23-22-17(16-8-4-6-10-19(16)26-22)12-13-27(23)24(28)21-15(2)30-14-25-21/h4-11,14,23,26H,3,12-13H2,1-2H3/t23-/m0/s1. The zero-order chi connectivity index (χ0) is 20.7. The topological polar surface area (TPSA) is 71.4 Å². The summed E-state index contributed by atoms with van der Waals surface area (Å²) in [5.41, 5.74) is 4.68. The molecule has 30 heavy (non-hydrogen) atoms. The molecule has 1 amide bonds. The Morgan fingerprint density at radius 1 is 1.23 bits per heavy atom. The van der Waals surface area contributed by atoms with Crippen LogP contribution in [-0.2, 0) is 6.42 Å². The van der Waals surface area contributed by atoms with Crippen molar-refractivity contribution in [2.75, 3.05) is 13.2 Å². The number of amides is 1. The van der Waals surface area contributed by atoms with Crippen LogP contribution in [0.5, 0.6) is 5.75 Å². The maximum atomic E-state index is 13.5. The van der Waals surface area contributed by atoms with Gasteiger partial charge in [0.25, 0.3) is 5.91 Å². The van der Waals surface area contributed by atoms with Gasteiger partial charge in [0.2, 0.25) is 0 Å². The Balaban J connectivity index is 1.70. The van der Waals surface area contributed by atoms with Gasteiger partial charge in [-0.05, 0) is 38.0 Å². The highest BCUT2D eigenvalue weighted by Gasteiger charge is 2.37. The maximum Gasteiger partial charge on any atom is 0.276 e. The number of fused-ring (bicyclic) bond motifs is 3. The van der Waals surface area contributed by atoms with Gasteiger partial charge in [-0.2, -0.15) is 0 Å². The van der Waals surface area contributed by atoms with Gasteiger partial charge in [0.15, 0.2) is 12.1 Å². The lowest BCUT2D eigenvalue weighted by molar-refractivity contribution is 0.0682. The van der Waals surface area contributed by atoms with Crippen molar-refractivity contribution in [2.24, 2.45) is 0 Å². The van der Waals surface area contributed by atoms with Gasteiger partial charge in [-0.25, -0.2) is 4.98 Å². The van der Waals surface area contributed by atoms with Crippen LogP contribution >= 0.6 is 0 Å². The van der Waals surface area contributed by atoms with Crippen molar-refractivity contribution >= 4 is 16.8 Å². The van der Waals surface area contributed by atoms with Crippen LogP contribution in [0.4, 0.5) is 0 Å². The third kappa shape index (κ3) is 2.87. The lowest BCUT2D eigenvalue weighted by Crippen LogP contribution is -2.41. The van der Waals surface area contributed by atoms with E-state index in [1.807, 2.05) is 42.2 Å². The van der Waals surface area contributed by atoms with Crippen LogP contribution in [-0.4, -0.2) is 33.9 Å². The van der Waals surface area contributed by atoms with Gasteiger partial charge in [-0.3, -0.25) is 4.79 Å². The lowest BCUT2D eigenvalue weighted by Gasteiger charge is -2.36. The Bertz CT molecular complexity index is 1220. The third-order valence-corrected chi connectivity index (χ3v) is 5.76. The fraction of sp³-hybridized carbons (Fsp3) is 0.250. The van der Waals surface area contributed by atoms with E-state index in [1.54, 1.807) is 6.92 Å². The number of aromatic nitrogens is 2. The van der Waals surface area contributed by atoms with Crippen molar-refractivity contribution in [3.05, 3.63) is 83.2 Å². The molecule has 4 aromatic rings. The van der Waals surface area contributed by atoms with Crippen LogP contribution in [0.25, 0.3) is 10.9 Å². The third-order valence-electron chi connectivity index (χ3n) is 5.76. The highest BCUT2D eigenvalue weighted by Crippen LogP contribution is 2.42. The summed E-state index contributed by atoms with van der Waals surface area (Å²) in [4.78, 5) is 23.1. The molecule has 6 heteroatoms. The minimum atomic E-state index is -0.299. The number of benzene rings is 2. The molecule has 0 fully saturated rings. The number of nitrogens with zero attached hydrogens (tertiary/aromatic N) is 2. The van der Waals surface area contributed by atoms with Gasteiger partial charge in [0.1, 0.15) is 17.6 Å². The highest BCUT2D eigenvalue weighted by atomic mass is 16.5. The zero-order valence-electron chi connectivity index (χ0n) is 17.0. The summed E-state index contributed by atoms with van der Waals surface area (Å²) < 4.78 is 11.2. The first-order valence-corrected chi connectivity index (χ1v) is 10.2. The second kappa shape index (κ2) is 7.37. The first-order valence-electron chi connectivity index (χ1n) is 10.2. The van der Waals surface area contributed by atoms with Crippen molar-refractivity contribution in [3.63, 3.8) is 0 Å². The summed E-state index contributed by atoms with van der Waals surface area (Å²) >= 11 is 0. The second-order valence-electron chi connectivity index (χ2n) is 7.44. The van der Waals surface area contributed by atoms with E-state index in [2.05, 4.69) is 28.2 Å². The van der Waals surface area contributed by atoms with Gasteiger partial charge in [0.05, 0.1) is 6.61 Å². The lowest BCUT2D eigenvalue weighted by atomic mass is 9.91. The van der Waals surface area contributed by atoms with E-state index in [9.17, 15) is 4.79 Å². The van der Waals surface area contributed by atoms with Crippen LogP contribution < -0.4 is 4.74 Å². The molecule has 3 heterocycles. The summed E-state index contributed by atoms with van der Waals surface area (Å²) in [5, 5.41) is 1.20. The molecule has 0 saturated carbocycles. The number of carbonyl (C=O) groups excluding carboxylic acids is 1. The molecule has 1 N–H and O–H groups in total. The van der Waals surface area contributed by atoms with Gasteiger partial charge in [-0.1, -0.05) is 36.4 Å². The number of para-hydroxylation sites is 2. The summed E-state index contributed by atoms with van der Waals surface area (Å²) in [6, 6.07) is 15.9. The number of H-pyrrole nitrogens is 1. The Morgan fingerprint density at radius 2 is 2.03 bits per heavy atom. The molecule has 1 atom stereocenters. The minimum Gasteiger partial charge on any atom is -0.494 e. The number of aryl methyl sites for hydroxylation is 1. The number of aromatic amines is 1. The number of rotatable bonds is 4. The van der Waals surface area contributed by atoms with Crippen LogP contribution in [0, 0.1) is 6.92 Å². The average Bonchev–Trinajstić information content (AvgIpc) is 3.36. The molecule has 1 aliphatic rings. The van der Waals surface area contributed by atoms with E-state index in [1.165, 1.54) is 17.3 Å². The summed E-state index contributed by atoms with van der Waals surface area (Å²) in [7, 11) is 0. The highest BCUT2D eigenvalue weighted by molar-refractivity contribution is 5.94. The summed E-state index contributed by atoms with van der Waals surface area (Å²) in [6.07, 6.45) is 2.10. The first kappa shape index (κ1) is 18.5. The molecule has 0 spiro atoms. The Hall–Kier alpha value is -3.54. The number of hydrogen-bond donors (Lipinski definition) is 1. The predicted molar refractivity (Wildman–Crippen MR) is 114 cm³/mol. The van der Waals surface area contributed by atoms with Gasteiger partial charge in [0, 0.05) is 28.7 Å². The van der Waals surface area contributed by atoms with E-state index < -0.39 is 0 Å². The van der Waals surface area contributed by atoms with Crippen LogP contribution in [0.1, 0.15) is 46.0 Å². The zero-order valence-corrected chi connectivity index (χ0v) is 17.0. The van der Waals surface area contributed by atoms with E-state index in [4.69, 9.17) is 9.15 Å². The number of ether oxygens (including phenoxy) is 1. The largest absolute Gasteiger partial charge is 0.494 e. The SMILES string of the molecule is CCOc1ccccc1[C@H]1c2[nH]c3ccccc3c2CCN1C(=O)c1ncoc1C. The van der Waals surface area contributed by atoms with Crippen LogP contribution in [0.3, 0.4) is 0 Å². The number of nitrogens with one attached hydrogen (secondary N) is 1. The fourth-order valence-corrected chi connectivity index (χ4v) is 4.42. The molecule has 6 nitrogen and oxygen atoms in total. The predicted octanol–water partition coefficient (Wildman–Crippen LogP) is 4.65. The average molecular weight is 401 g/mol. The molecule has 2 aromatic heterocycles. The molecular formula is C24H23N3O3. The maximum absolute atomic E-state index is 13.5. The molecule has 0 bridgehead atoms. The minimum absolute atomic E-state index is 0.137. The molecular weight excluding hydrogens is 378 g/mol. The quantitative estimate of drug-likeness (QED) is 0.540. The molecule has 0 aliphatic carbocycles. The van der Waals surface area contributed by atoms with Gasteiger partial charge >= 0.3 is 0 Å². The summed E-state index contributed by atoms with van der Waals surface area (Å²) in [6.45, 7) is 4.88. The van der Waals surface area contributed by atoms with Gasteiger partial charge < -0.3 is 19.0 Å². The van der Waals surface area contributed by atoms with Crippen LogP contribution in [0.15, 0.2) is 59.3 Å². The van der Waals surface area contributed by atoms with Crippen molar-refractivity contribution in [2.45, 2.75) is 26.3 Å². The van der Waals surface area contributed by atoms with Crippen molar-refractivity contribution in [1.29, 1.82) is 0 Å². The summed E-state index contributed by atoms with van der Waals surface area (Å²) in [5.74, 6) is 1.17. The monoisotopic (exact) mass is 401 g/mol. The molecule has 0 saturated heterocycles. The van der Waals surface area contributed by atoms with E-state index >= 15 is 0 Å². The Kier molecular flexibility index (Phi) is 4.54. The second-order valence-corrected chi connectivity index (χ2v) is 7.44.